The first-order valence-corrected chi connectivity index (χ1v) is 7.14. The van der Waals surface area contributed by atoms with Gasteiger partial charge in [0.15, 0.2) is 15.1 Å². The topological polar surface area (TPSA) is 84.3 Å². The van der Waals surface area contributed by atoms with Crippen molar-refractivity contribution >= 4 is 27.1 Å². The molecule has 1 atom stereocenters. The summed E-state index contributed by atoms with van der Waals surface area (Å²) >= 11 is 1.29. The Kier molecular flexibility index (Phi) is 3.69. The highest BCUT2D eigenvalue weighted by Crippen LogP contribution is 2.20. The fourth-order valence-electron chi connectivity index (χ4n) is 1.05. The lowest BCUT2D eigenvalue weighted by Gasteiger charge is -2.05. The first-order valence-electron chi connectivity index (χ1n) is 4.61. The van der Waals surface area contributed by atoms with Crippen LogP contribution in [0.3, 0.4) is 0 Å². The molecule has 0 fully saturated rings. The molecule has 1 aromatic heterocycles. The van der Waals surface area contributed by atoms with Crippen LogP contribution >= 0.6 is 11.3 Å². The summed E-state index contributed by atoms with van der Waals surface area (Å²) in [4.78, 5) is 15.6. The molecule has 0 amide bonds. The second kappa shape index (κ2) is 4.50. The van der Waals surface area contributed by atoms with Crippen LogP contribution in [0.15, 0.2) is 0 Å². The highest BCUT2D eigenvalue weighted by atomic mass is 32.2. The number of carboxylic acids is 1. The maximum Gasteiger partial charge on any atom is 0.321 e. The Labute approximate surface area is 98.1 Å². The van der Waals surface area contributed by atoms with Crippen LogP contribution in [0.25, 0.3) is 0 Å². The summed E-state index contributed by atoms with van der Waals surface area (Å²) in [5.74, 6) is -1.63. The van der Waals surface area contributed by atoms with Gasteiger partial charge in [0, 0.05) is 4.88 Å². The molecule has 0 aliphatic rings. The van der Waals surface area contributed by atoms with Crippen LogP contribution in [0.1, 0.15) is 22.5 Å². The maximum absolute atomic E-state index is 11.6. The Morgan fingerprint density at radius 2 is 2.06 bits per heavy atom. The number of sulfone groups is 1. The molecule has 0 saturated heterocycles. The van der Waals surface area contributed by atoms with Crippen molar-refractivity contribution < 1.29 is 18.3 Å². The summed E-state index contributed by atoms with van der Waals surface area (Å²) in [6, 6.07) is 0. The minimum absolute atomic E-state index is 0.306. The van der Waals surface area contributed by atoms with E-state index in [0.717, 1.165) is 10.6 Å². The molecule has 7 heteroatoms. The minimum atomic E-state index is -3.67. The summed E-state index contributed by atoms with van der Waals surface area (Å²) in [5, 5.41) is 7.71. The summed E-state index contributed by atoms with van der Waals surface area (Å²) in [6.45, 7) is 4.82. The van der Waals surface area contributed by atoms with Crippen LogP contribution < -0.4 is 0 Å². The number of carboxylic acid groups (broad SMARTS) is 1. The number of hydrogen-bond donors (Lipinski definition) is 1. The molecule has 0 radical (unpaired) electrons. The zero-order valence-electron chi connectivity index (χ0n) is 9.22. The second-order valence-corrected chi connectivity index (χ2v) is 7.15. The second-order valence-electron chi connectivity index (χ2n) is 3.54. The van der Waals surface area contributed by atoms with Crippen LogP contribution in [-0.4, -0.2) is 29.7 Å². The van der Waals surface area contributed by atoms with Crippen molar-refractivity contribution in [3.05, 3.63) is 15.6 Å². The lowest BCUT2D eigenvalue weighted by atomic mass is 10.4. The first kappa shape index (κ1) is 13.1. The standard InChI is InChI=1S/C9H13NO4S2/c1-5-6(2)15-8(10-5)4-16(13,14)7(3)9(11)12/h7H,4H2,1-3H3,(H,11,12). The number of hydrogen-bond acceptors (Lipinski definition) is 5. The molecule has 1 heterocycles. The zero-order chi connectivity index (χ0) is 12.5. The van der Waals surface area contributed by atoms with Crippen LogP contribution in [-0.2, 0) is 20.4 Å². The molecule has 0 spiro atoms. The van der Waals surface area contributed by atoms with Crippen molar-refractivity contribution in [3.63, 3.8) is 0 Å². The molecule has 5 nitrogen and oxygen atoms in total. The molecule has 0 aliphatic heterocycles. The fraction of sp³-hybridized carbons (Fsp3) is 0.556. The van der Waals surface area contributed by atoms with Crippen molar-refractivity contribution in [2.45, 2.75) is 31.8 Å². The summed E-state index contributed by atoms with van der Waals surface area (Å²) in [6.07, 6.45) is 0. The Morgan fingerprint density at radius 3 is 2.44 bits per heavy atom. The lowest BCUT2D eigenvalue weighted by Crippen LogP contribution is -2.28. The Balaban J connectivity index is 2.93. The van der Waals surface area contributed by atoms with Gasteiger partial charge >= 0.3 is 5.97 Å². The Morgan fingerprint density at radius 1 is 1.50 bits per heavy atom. The first-order chi connectivity index (χ1) is 7.24. The van der Waals surface area contributed by atoms with E-state index in [4.69, 9.17) is 5.11 Å². The lowest BCUT2D eigenvalue weighted by molar-refractivity contribution is -0.136. The largest absolute Gasteiger partial charge is 0.480 e. The van der Waals surface area contributed by atoms with Gasteiger partial charge in [-0.25, -0.2) is 13.4 Å². The van der Waals surface area contributed by atoms with Crippen LogP contribution in [0.4, 0.5) is 0 Å². The van der Waals surface area contributed by atoms with E-state index in [1.54, 1.807) is 6.92 Å². The Hall–Kier alpha value is -0.950. The molecule has 0 saturated carbocycles. The van der Waals surface area contributed by atoms with Crippen molar-refractivity contribution in [2.24, 2.45) is 0 Å². The molecule has 0 aliphatic carbocycles. The van der Waals surface area contributed by atoms with E-state index in [0.29, 0.717) is 5.01 Å². The van der Waals surface area contributed by atoms with E-state index >= 15 is 0 Å². The number of rotatable bonds is 4. The molecule has 0 bridgehead atoms. The average Bonchev–Trinajstić information content (AvgIpc) is 2.43. The zero-order valence-corrected chi connectivity index (χ0v) is 10.9. The molecule has 1 unspecified atom stereocenters. The van der Waals surface area contributed by atoms with Gasteiger partial charge in [-0.1, -0.05) is 0 Å². The number of aliphatic carboxylic acids is 1. The molecule has 16 heavy (non-hydrogen) atoms. The van der Waals surface area contributed by atoms with Gasteiger partial charge in [-0.15, -0.1) is 11.3 Å². The van der Waals surface area contributed by atoms with Gasteiger partial charge in [0.25, 0.3) is 0 Å². The molecule has 90 valence electrons. The van der Waals surface area contributed by atoms with Crippen molar-refractivity contribution in [3.8, 4) is 0 Å². The molecule has 0 aromatic carbocycles. The van der Waals surface area contributed by atoms with Crippen LogP contribution in [0, 0.1) is 13.8 Å². The van der Waals surface area contributed by atoms with Gasteiger partial charge in [0.1, 0.15) is 10.8 Å². The SMILES string of the molecule is Cc1nc(CS(=O)(=O)C(C)C(=O)O)sc1C. The molecule has 1 aromatic rings. The van der Waals surface area contributed by atoms with E-state index in [1.807, 2.05) is 6.92 Å². The highest BCUT2D eigenvalue weighted by Gasteiger charge is 2.28. The predicted molar refractivity (Wildman–Crippen MR) is 61.3 cm³/mol. The van der Waals surface area contributed by atoms with Gasteiger partial charge in [-0.2, -0.15) is 0 Å². The molecular weight excluding hydrogens is 250 g/mol. The summed E-state index contributed by atoms with van der Waals surface area (Å²) in [7, 11) is -3.67. The third kappa shape index (κ3) is 2.79. The predicted octanol–water partition coefficient (Wildman–Crippen LogP) is 1.15. The number of aromatic nitrogens is 1. The summed E-state index contributed by atoms with van der Waals surface area (Å²) < 4.78 is 23.3. The normalized spacial score (nSPS) is 13.7. The van der Waals surface area contributed by atoms with Gasteiger partial charge in [0.2, 0.25) is 0 Å². The van der Waals surface area contributed by atoms with Crippen molar-refractivity contribution in [2.75, 3.05) is 0 Å². The molecule has 1 N–H and O–H groups in total. The maximum atomic E-state index is 11.6. The monoisotopic (exact) mass is 263 g/mol. The smallest absolute Gasteiger partial charge is 0.321 e. The minimum Gasteiger partial charge on any atom is -0.480 e. The number of nitrogens with zero attached hydrogens (tertiary/aromatic N) is 1. The van der Waals surface area contributed by atoms with Gasteiger partial charge in [0.05, 0.1) is 5.69 Å². The third-order valence-corrected chi connectivity index (χ3v) is 5.49. The van der Waals surface area contributed by atoms with Gasteiger partial charge in [-0.3, -0.25) is 4.79 Å². The van der Waals surface area contributed by atoms with Crippen LogP contribution in [0.2, 0.25) is 0 Å². The third-order valence-electron chi connectivity index (χ3n) is 2.28. The van der Waals surface area contributed by atoms with Gasteiger partial charge < -0.3 is 5.11 Å². The number of aryl methyl sites for hydroxylation is 2. The van der Waals surface area contributed by atoms with E-state index < -0.39 is 21.1 Å². The van der Waals surface area contributed by atoms with Gasteiger partial charge in [-0.05, 0) is 20.8 Å². The number of carbonyl (C=O) groups is 1. The Bertz CT molecular complexity index is 484. The van der Waals surface area contributed by atoms with Crippen LogP contribution in [0.5, 0.6) is 0 Å². The summed E-state index contributed by atoms with van der Waals surface area (Å²) in [5.41, 5.74) is 0.790. The van der Waals surface area contributed by atoms with Crippen molar-refractivity contribution in [1.29, 1.82) is 0 Å². The van der Waals surface area contributed by atoms with E-state index in [-0.39, 0.29) is 5.75 Å². The highest BCUT2D eigenvalue weighted by molar-refractivity contribution is 7.92. The molecular formula is C9H13NO4S2. The quantitative estimate of drug-likeness (QED) is 0.880. The fourth-order valence-corrected chi connectivity index (χ4v) is 3.48. The van der Waals surface area contributed by atoms with E-state index in [2.05, 4.69) is 4.98 Å². The number of thiazole rings is 1. The van der Waals surface area contributed by atoms with Crippen molar-refractivity contribution in [1.82, 2.24) is 4.98 Å². The molecule has 1 rings (SSSR count). The van der Waals surface area contributed by atoms with E-state index in [1.165, 1.54) is 18.3 Å². The average molecular weight is 263 g/mol. The van der Waals surface area contributed by atoms with E-state index in [9.17, 15) is 13.2 Å².